The minimum absolute atomic E-state index is 0.125. The van der Waals surface area contributed by atoms with E-state index in [0.29, 0.717) is 5.88 Å². The fourth-order valence-corrected chi connectivity index (χ4v) is 3.14. The lowest BCUT2D eigenvalue weighted by molar-refractivity contribution is -0.133. The average molecular weight is 354 g/mol. The summed E-state index contributed by atoms with van der Waals surface area (Å²) in [6.45, 7) is 6.16. The van der Waals surface area contributed by atoms with Crippen molar-refractivity contribution in [2.24, 2.45) is 0 Å². The molecule has 1 atom stereocenters. The molecule has 1 aliphatic heterocycles. The molecule has 0 unspecified atom stereocenters. The number of aromatic nitrogens is 1. The molecule has 0 bridgehead atoms. The number of pyridine rings is 1. The number of carbonyl (C=O) groups is 1. The van der Waals surface area contributed by atoms with Crippen LogP contribution in [0.2, 0.25) is 0 Å². The first-order valence-corrected chi connectivity index (χ1v) is 8.97. The average Bonchev–Trinajstić information content (AvgIpc) is 2.69. The largest absolute Gasteiger partial charge is 0.481 e. The topological polar surface area (TPSA) is 57.7 Å². The third-order valence-corrected chi connectivity index (χ3v) is 4.63. The normalized spacial score (nSPS) is 16.2. The van der Waals surface area contributed by atoms with Crippen LogP contribution in [0, 0.1) is 0 Å². The Morgan fingerprint density at radius 2 is 1.88 bits per heavy atom. The van der Waals surface area contributed by atoms with Crippen molar-refractivity contribution in [3.05, 3.63) is 54.2 Å². The summed E-state index contributed by atoms with van der Waals surface area (Å²) in [6.07, 6.45) is 1.68. The number of nitrogens with zero attached hydrogens (tertiary/aromatic N) is 3. The third-order valence-electron chi connectivity index (χ3n) is 4.63. The number of hydrogen-bond acceptors (Lipinski definition) is 5. The zero-order valence-corrected chi connectivity index (χ0v) is 15.4. The molecule has 3 rings (SSSR count). The molecule has 1 aromatic carbocycles. The Bertz CT molecular complexity index is 698. The zero-order chi connectivity index (χ0) is 18.4. The van der Waals surface area contributed by atoms with Gasteiger partial charge in [0.1, 0.15) is 6.04 Å². The van der Waals surface area contributed by atoms with Gasteiger partial charge in [-0.15, -0.1) is 0 Å². The van der Waals surface area contributed by atoms with Gasteiger partial charge in [-0.05, 0) is 18.6 Å². The molecule has 1 aromatic heterocycles. The second-order valence-corrected chi connectivity index (χ2v) is 6.54. The molecule has 1 N–H and O–H groups in total. The fourth-order valence-electron chi connectivity index (χ4n) is 3.14. The lowest BCUT2D eigenvalue weighted by Crippen LogP contribution is -2.51. The number of rotatable bonds is 6. The maximum Gasteiger partial charge on any atom is 0.244 e. The molecule has 1 saturated heterocycles. The van der Waals surface area contributed by atoms with E-state index in [2.05, 4.69) is 39.5 Å². The number of benzene rings is 1. The number of hydrogen-bond donors (Lipinski definition) is 1. The molecule has 0 spiro atoms. The molecule has 1 aliphatic rings. The first-order valence-electron chi connectivity index (χ1n) is 8.97. The molecular weight excluding hydrogens is 328 g/mol. The molecule has 138 valence electrons. The Morgan fingerprint density at radius 1 is 1.15 bits per heavy atom. The van der Waals surface area contributed by atoms with Crippen LogP contribution >= 0.6 is 0 Å². The first kappa shape index (κ1) is 18.2. The lowest BCUT2D eigenvalue weighted by atomic mass is 10.2. The summed E-state index contributed by atoms with van der Waals surface area (Å²) < 4.78 is 5.05. The predicted molar refractivity (Wildman–Crippen MR) is 102 cm³/mol. The van der Waals surface area contributed by atoms with Gasteiger partial charge < -0.3 is 15.0 Å². The third kappa shape index (κ3) is 4.73. The van der Waals surface area contributed by atoms with E-state index in [9.17, 15) is 4.79 Å². The molecule has 6 heteroatoms. The highest BCUT2D eigenvalue weighted by Gasteiger charge is 2.24. The quantitative estimate of drug-likeness (QED) is 0.862. The van der Waals surface area contributed by atoms with Gasteiger partial charge in [0.15, 0.2) is 0 Å². The van der Waals surface area contributed by atoms with Crippen LogP contribution in [-0.4, -0.2) is 60.0 Å². The Morgan fingerprint density at radius 3 is 2.50 bits per heavy atom. The van der Waals surface area contributed by atoms with Crippen LogP contribution in [0.1, 0.15) is 12.5 Å². The second-order valence-electron chi connectivity index (χ2n) is 6.54. The van der Waals surface area contributed by atoms with Crippen LogP contribution in [0.3, 0.4) is 0 Å². The van der Waals surface area contributed by atoms with Gasteiger partial charge in [0, 0.05) is 38.8 Å². The summed E-state index contributed by atoms with van der Waals surface area (Å²) in [6, 6.07) is 13.8. The van der Waals surface area contributed by atoms with Gasteiger partial charge in [0.2, 0.25) is 11.8 Å². The SMILES string of the molecule is COc1ccc(N[C@H](C)C(=O)N2CCN(Cc3ccccc3)CC2)cn1. The number of piperazine rings is 1. The van der Waals surface area contributed by atoms with Gasteiger partial charge in [-0.1, -0.05) is 30.3 Å². The molecule has 0 radical (unpaired) electrons. The highest BCUT2D eigenvalue weighted by molar-refractivity contribution is 5.84. The fraction of sp³-hybridized carbons (Fsp3) is 0.400. The standard InChI is InChI=1S/C20H26N4O2/c1-16(22-18-8-9-19(26-2)21-14-18)20(25)24-12-10-23(11-13-24)15-17-6-4-3-5-7-17/h3-9,14,16,22H,10-13,15H2,1-2H3/t16-/m1/s1. The van der Waals surface area contributed by atoms with Gasteiger partial charge >= 0.3 is 0 Å². The van der Waals surface area contributed by atoms with Crippen molar-refractivity contribution in [2.45, 2.75) is 19.5 Å². The van der Waals surface area contributed by atoms with Crippen molar-refractivity contribution in [1.82, 2.24) is 14.8 Å². The van der Waals surface area contributed by atoms with E-state index in [1.807, 2.05) is 24.0 Å². The van der Waals surface area contributed by atoms with Gasteiger partial charge in [0.05, 0.1) is 19.0 Å². The summed E-state index contributed by atoms with van der Waals surface area (Å²) in [5, 5.41) is 3.22. The summed E-state index contributed by atoms with van der Waals surface area (Å²) in [4.78, 5) is 21.2. The molecule has 0 aliphatic carbocycles. The summed E-state index contributed by atoms with van der Waals surface area (Å²) in [5.41, 5.74) is 2.13. The van der Waals surface area contributed by atoms with Crippen LogP contribution in [-0.2, 0) is 11.3 Å². The Labute approximate surface area is 154 Å². The molecule has 1 amide bonds. The van der Waals surface area contributed by atoms with Crippen molar-refractivity contribution in [3.63, 3.8) is 0 Å². The van der Waals surface area contributed by atoms with E-state index in [-0.39, 0.29) is 11.9 Å². The van der Waals surface area contributed by atoms with Gasteiger partial charge in [0.25, 0.3) is 0 Å². The number of ether oxygens (including phenoxy) is 1. The molecular formula is C20H26N4O2. The Hall–Kier alpha value is -2.60. The van der Waals surface area contributed by atoms with Gasteiger partial charge in [-0.3, -0.25) is 9.69 Å². The molecule has 2 aromatic rings. The minimum atomic E-state index is -0.286. The van der Waals surface area contributed by atoms with Crippen molar-refractivity contribution in [2.75, 3.05) is 38.6 Å². The molecule has 0 saturated carbocycles. The van der Waals surface area contributed by atoms with Crippen LogP contribution in [0.25, 0.3) is 0 Å². The number of nitrogens with one attached hydrogen (secondary N) is 1. The Kier molecular flexibility index (Phi) is 6.07. The van der Waals surface area contributed by atoms with Crippen LogP contribution in [0.5, 0.6) is 5.88 Å². The van der Waals surface area contributed by atoms with Crippen molar-refractivity contribution < 1.29 is 9.53 Å². The van der Waals surface area contributed by atoms with Crippen LogP contribution < -0.4 is 10.1 Å². The predicted octanol–water partition coefficient (Wildman–Crippen LogP) is 2.24. The number of anilines is 1. The van der Waals surface area contributed by atoms with Crippen LogP contribution in [0.4, 0.5) is 5.69 Å². The number of carbonyl (C=O) groups excluding carboxylic acids is 1. The molecule has 2 heterocycles. The molecule has 26 heavy (non-hydrogen) atoms. The number of methoxy groups -OCH3 is 1. The van der Waals surface area contributed by atoms with E-state index < -0.39 is 0 Å². The summed E-state index contributed by atoms with van der Waals surface area (Å²) in [7, 11) is 1.58. The first-order chi connectivity index (χ1) is 12.7. The maximum atomic E-state index is 12.7. The van der Waals surface area contributed by atoms with E-state index in [0.717, 1.165) is 38.4 Å². The van der Waals surface area contributed by atoms with Crippen LogP contribution in [0.15, 0.2) is 48.7 Å². The van der Waals surface area contributed by atoms with Crippen molar-refractivity contribution >= 4 is 11.6 Å². The van der Waals surface area contributed by atoms with E-state index in [1.165, 1.54) is 5.56 Å². The Balaban J connectivity index is 1.47. The monoisotopic (exact) mass is 354 g/mol. The number of amides is 1. The molecule has 1 fully saturated rings. The van der Waals surface area contributed by atoms with Gasteiger partial charge in [-0.2, -0.15) is 0 Å². The summed E-state index contributed by atoms with van der Waals surface area (Å²) in [5.74, 6) is 0.684. The summed E-state index contributed by atoms with van der Waals surface area (Å²) >= 11 is 0. The van der Waals surface area contributed by atoms with Gasteiger partial charge in [-0.25, -0.2) is 4.98 Å². The van der Waals surface area contributed by atoms with Crippen molar-refractivity contribution in [1.29, 1.82) is 0 Å². The smallest absolute Gasteiger partial charge is 0.244 e. The minimum Gasteiger partial charge on any atom is -0.481 e. The zero-order valence-electron chi connectivity index (χ0n) is 15.4. The highest BCUT2D eigenvalue weighted by Crippen LogP contribution is 2.14. The molecule has 6 nitrogen and oxygen atoms in total. The maximum absolute atomic E-state index is 12.7. The van der Waals surface area contributed by atoms with E-state index in [1.54, 1.807) is 19.4 Å². The van der Waals surface area contributed by atoms with E-state index >= 15 is 0 Å². The lowest BCUT2D eigenvalue weighted by Gasteiger charge is -2.36. The van der Waals surface area contributed by atoms with Crippen molar-refractivity contribution in [3.8, 4) is 5.88 Å². The van der Waals surface area contributed by atoms with E-state index in [4.69, 9.17) is 4.74 Å². The highest BCUT2D eigenvalue weighted by atomic mass is 16.5. The second kappa shape index (κ2) is 8.67.